The fourth-order valence-electron chi connectivity index (χ4n) is 1.75. The van der Waals surface area contributed by atoms with Crippen molar-refractivity contribution < 1.29 is 5.11 Å². The van der Waals surface area contributed by atoms with Gasteiger partial charge in [-0.05, 0) is 29.6 Å². The molecule has 0 saturated heterocycles. The summed E-state index contributed by atoms with van der Waals surface area (Å²) in [6, 6.07) is 5.65. The van der Waals surface area contributed by atoms with E-state index in [1.807, 2.05) is 29.8 Å². The van der Waals surface area contributed by atoms with E-state index in [9.17, 15) is 5.11 Å². The second-order valence-electron chi connectivity index (χ2n) is 3.86. The molecule has 1 aromatic heterocycles. The van der Waals surface area contributed by atoms with Crippen molar-refractivity contribution in [3.05, 3.63) is 40.5 Å². The number of aromatic nitrogens is 2. The molecule has 1 unspecified atom stereocenters. The van der Waals surface area contributed by atoms with Crippen LogP contribution in [-0.2, 0) is 7.05 Å². The van der Waals surface area contributed by atoms with E-state index >= 15 is 0 Å². The SMILES string of the molecule is Cn1cnc2cc(C(O)CCN=[N+]=[N-])ccc21. The Balaban J connectivity index is 2.20. The van der Waals surface area contributed by atoms with E-state index in [1.54, 1.807) is 6.33 Å². The van der Waals surface area contributed by atoms with E-state index in [0.29, 0.717) is 6.42 Å². The van der Waals surface area contributed by atoms with E-state index in [-0.39, 0.29) is 6.54 Å². The van der Waals surface area contributed by atoms with Crippen LogP contribution in [0.2, 0.25) is 0 Å². The summed E-state index contributed by atoms with van der Waals surface area (Å²) in [6.45, 7) is 0.290. The zero-order chi connectivity index (χ0) is 12.3. The second-order valence-corrected chi connectivity index (χ2v) is 3.86. The first-order valence-corrected chi connectivity index (χ1v) is 5.32. The van der Waals surface area contributed by atoms with Gasteiger partial charge in [0.25, 0.3) is 0 Å². The average Bonchev–Trinajstić information content (AvgIpc) is 2.71. The third-order valence-electron chi connectivity index (χ3n) is 2.70. The number of aryl methyl sites for hydroxylation is 1. The molecule has 6 nitrogen and oxygen atoms in total. The van der Waals surface area contributed by atoms with Gasteiger partial charge in [0.2, 0.25) is 0 Å². The zero-order valence-electron chi connectivity index (χ0n) is 9.48. The summed E-state index contributed by atoms with van der Waals surface area (Å²) < 4.78 is 1.92. The smallest absolute Gasteiger partial charge is 0.0955 e. The Kier molecular flexibility index (Phi) is 3.27. The molecule has 0 spiro atoms. The molecule has 2 rings (SSSR count). The first kappa shape index (κ1) is 11.4. The largest absolute Gasteiger partial charge is 0.388 e. The van der Waals surface area contributed by atoms with Crippen molar-refractivity contribution in [1.29, 1.82) is 0 Å². The van der Waals surface area contributed by atoms with Crippen LogP contribution in [0.3, 0.4) is 0 Å². The number of aliphatic hydroxyl groups is 1. The monoisotopic (exact) mass is 231 g/mol. The van der Waals surface area contributed by atoms with Crippen molar-refractivity contribution >= 4 is 11.0 Å². The Morgan fingerprint density at radius 2 is 2.41 bits per heavy atom. The van der Waals surface area contributed by atoms with Gasteiger partial charge in [-0.15, -0.1) is 0 Å². The summed E-state index contributed by atoms with van der Waals surface area (Å²) >= 11 is 0. The van der Waals surface area contributed by atoms with Crippen molar-refractivity contribution in [2.45, 2.75) is 12.5 Å². The van der Waals surface area contributed by atoms with E-state index < -0.39 is 6.10 Å². The molecule has 0 amide bonds. The van der Waals surface area contributed by atoms with Crippen LogP contribution in [0.5, 0.6) is 0 Å². The van der Waals surface area contributed by atoms with E-state index in [1.165, 1.54) is 0 Å². The van der Waals surface area contributed by atoms with Crippen LogP contribution in [0, 0.1) is 0 Å². The van der Waals surface area contributed by atoms with Gasteiger partial charge in [-0.3, -0.25) is 0 Å². The fraction of sp³-hybridized carbons (Fsp3) is 0.364. The number of hydrogen-bond donors (Lipinski definition) is 1. The van der Waals surface area contributed by atoms with Crippen LogP contribution in [-0.4, -0.2) is 21.2 Å². The normalized spacial score (nSPS) is 12.4. The second kappa shape index (κ2) is 4.86. The third kappa shape index (κ3) is 2.38. The summed E-state index contributed by atoms with van der Waals surface area (Å²) in [7, 11) is 1.92. The lowest BCUT2D eigenvalue weighted by Gasteiger charge is -2.09. The highest BCUT2D eigenvalue weighted by Crippen LogP contribution is 2.21. The topological polar surface area (TPSA) is 86.8 Å². The van der Waals surface area contributed by atoms with Crippen LogP contribution < -0.4 is 0 Å². The number of imidazole rings is 1. The maximum Gasteiger partial charge on any atom is 0.0955 e. The molecule has 1 atom stereocenters. The first-order chi connectivity index (χ1) is 8.22. The lowest BCUT2D eigenvalue weighted by Crippen LogP contribution is -1.99. The number of nitrogens with zero attached hydrogens (tertiary/aromatic N) is 5. The molecule has 0 bridgehead atoms. The molecule has 1 aromatic carbocycles. The number of rotatable bonds is 4. The molecule has 0 radical (unpaired) electrons. The van der Waals surface area contributed by atoms with E-state index in [2.05, 4.69) is 15.0 Å². The lowest BCUT2D eigenvalue weighted by molar-refractivity contribution is 0.170. The van der Waals surface area contributed by atoms with Crippen LogP contribution in [0.4, 0.5) is 0 Å². The Morgan fingerprint density at radius 1 is 1.59 bits per heavy atom. The molecule has 2 aromatic rings. The molecule has 1 N–H and O–H groups in total. The summed E-state index contributed by atoms with van der Waals surface area (Å²) in [4.78, 5) is 6.88. The minimum atomic E-state index is -0.619. The van der Waals surface area contributed by atoms with Crippen LogP contribution in [0.25, 0.3) is 21.5 Å². The summed E-state index contributed by atoms with van der Waals surface area (Å²) in [5.74, 6) is 0. The molecular weight excluding hydrogens is 218 g/mol. The van der Waals surface area contributed by atoms with Crippen molar-refractivity contribution in [3.63, 3.8) is 0 Å². The Labute approximate surface area is 98.1 Å². The Hall–Kier alpha value is -2.04. The number of hydrogen-bond acceptors (Lipinski definition) is 3. The predicted octanol–water partition coefficient (Wildman–Crippen LogP) is 2.31. The third-order valence-corrected chi connectivity index (χ3v) is 2.70. The van der Waals surface area contributed by atoms with Crippen molar-refractivity contribution in [2.75, 3.05) is 6.54 Å². The molecule has 0 fully saturated rings. The van der Waals surface area contributed by atoms with Crippen molar-refractivity contribution in [2.24, 2.45) is 12.2 Å². The highest BCUT2D eigenvalue weighted by molar-refractivity contribution is 5.76. The number of fused-ring (bicyclic) bond motifs is 1. The minimum absolute atomic E-state index is 0.290. The summed E-state index contributed by atoms with van der Waals surface area (Å²) in [5, 5.41) is 13.3. The van der Waals surface area contributed by atoms with Gasteiger partial charge < -0.3 is 9.67 Å². The Bertz CT molecular complexity index is 570. The molecule has 17 heavy (non-hydrogen) atoms. The highest BCUT2D eigenvalue weighted by atomic mass is 16.3. The molecule has 0 saturated carbocycles. The van der Waals surface area contributed by atoms with Gasteiger partial charge in [0, 0.05) is 18.5 Å². The van der Waals surface area contributed by atoms with E-state index in [0.717, 1.165) is 16.6 Å². The summed E-state index contributed by atoms with van der Waals surface area (Å²) in [5.41, 5.74) is 10.8. The van der Waals surface area contributed by atoms with Gasteiger partial charge in [0.05, 0.1) is 23.5 Å². The minimum Gasteiger partial charge on any atom is -0.388 e. The zero-order valence-corrected chi connectivity index (χ0v) is 9.48. The van der Waals surface area contributed by atoms with Crippen molar-refractivity contribution in [3.8, 4) is 0 Å². The Morgan fingerprint density at radius 3 is 3.18 bits per heavy atom. The molecule has 88 valence electrons. The van der Waals surface area contributed by atoms with Crippen LogP contribution in [0.1, 0.15) is 18.1 Å². The summed E-state index contributed by atoms with van der Waals surface area (Å²) in [6.07, 6.45) is 1.54. The standard InChI is InChI=1S/C11H13N5O/c1-16-7-13-9-6-8(2-3-10(9)16)11(17)4-5-14-15-12/h2-3,6-7,11,17H,4-5H2,1H3. The average molecular weight is 231 g/mol. The van der Waals surface area contributed by atoms with Gasteiger partial charge in [-0.25, -0.2) is 4.98 Å². The number of benzene rings is 1. The maximum atomic E-state index is 9.90. The molecule has 0 aliphatic heterocycles. The molecule has 0 aliphatic rings. The highest BCUT2D eigenvalue weighted by Gasteiger charge is 2.08. The van der Waals surface area contributed by atoms with Crippen molar-refractivity contribution in [1.82, 2.24) is 9.55 Å². The molecule has 6 heteroatoms. The quantitative estimate of drug-likeness (QED) is 0.497. The van der Waals surface area contributed by atoms with Crippen LogP contribution >= 0.6 is 0 Å². The molecular formula is C11H13N5O. The van der Waals surface area contributed by atoms with Gasteiger partial charge in [0.1, 0.15) is 0 Å². The fourth-order valence-corrected chi connectivity index (χ4v) is 1.75. The molecule has 0 aliphatic carbocycles. The van der Waals surface area contributed by atoms with Crippen LogP contribution in [0.15, 0.2) is 29.6 Å². The maximum absolute atomic E-state index is 9.90. The first-order valence-electron chi connectivity index (χ1n) is 5.32. The number of azide groups is 1. The van der Waals surface area contributed by atoms with Gasteiger partial charge in [-0.2, -0.15) is 0 Å². The number of aliphatic hydroxyl groups excluding tert-OH is 1. The molecule has 1 heterocycles. The van der Waals surface area contributed by atoms with Gasteiger partial charge >= 0.3 is 0 Å². The predicted molar refractivity (Wildman–Crippen MR) is 64.3 cm³/mol. The van der Waals surface area contributed by atoms with E-state index in [4.69, 9.17) is 5.53 Å². The lowest BCUT2D eigenvalue weighted by atomic mass is 10.1. The van der Waals surface area contributed by atoms with Gasteiger partial charge in [0.15, 0.2) is 0 Å². The van der Waals surface area contributed by atoms with Gasteiger partial charge in [-0.1, -0.05) is 11.2 Å².